The topological polar surface area (TPSA) is 76.4 Å². The maximum atomic E-state index is 11.9. The van der Waals surface area contributed by atoms with Crippen LogP contribution in [0.25, 0.3) is 0 Å². The number of piperidine rings is 1. The summed E-state index contributed by atoms with van der Waals surface area (Å²) in [5, 5.41) is 11.5. The minimum Gasteiger partial charge on any atom is -0.342 e. The predicted octanol–water partition coefficient (Wildman–Crippen LogP) is 0.942. The van der Waals surface area contributed by atoms with Crippen molar-refractivity contribution in [1.82, 2.24) is 15.1 Å². The lowest BCUT2D eigenvalue weighted by Gasteiger charge is -2.33. The predicted molar refractivity (Wildman–Crippen MR) is 71.3 cm³/mol. The van der Waals surface area contributed by atoms with Crippen molar-refractivity contribution in [2.24, 2.45) is 0 Å². The molecule has 3 amide bonds. The van der Waals surface area contributed by atoms with Gasteiger partial charge >= 0.3 is 6.03 Å². The Morgan fingerprint density at radius 3 is 2.37 bits per heavy atom. The standard InChI is InChI=1S/C13H22N4O2/c1-3-16(4-2)13(19)15-11-6-9-17(10-7-11)12(18)5-8-14/h11H,3-7,9-10H2,1-2H3,(H,15,19). The molecule has 1 fully saturated rings. The molecular weight excluding hydrogens is 244 g/mol. The summed E-state index contributed by atoms with van der Waals surface area (Å²) in [7, 11) is 0. The van der Waals surface area contributed by atoms with Crippen molar-refractivity contribution in [1.29, 1.82) is 5.26 Å². The van der Waals surface area contributed by atoms with Crippen molar-refractivity contribution >= 4 is 11.9 Å². The molecule has 0 aliphatic carbocycles. The van der Waals surface area contributed by atoms with E-state index in [0.717, 1.165) is 12.8 Å². The van der Waals surface area contributed by atoms with Crippen LogP contribution in [0, 0.1) is 11.3 Å². The van der Waals surface area contributed by atoms with E-state index < -0.39 is 0 Å². The number of hydrogen-bond acceptors (Lipinski definition) is 3. The highest BCUT2D eigenvalue weighted by Gasteiger charge is 2.24. The normalized spacial score (nSPS) is 15.7. The largest absolute Gasteiger partial charge is 0.342 e. The van der Waals surface area contributed by atoms with Gasteiger partial charge in [-0.25, -0.2) is 4.79 Å². The minimum absolute atomic E-state index is 0.0354. The first-order valence-corrected chi connectivity index (χ1v) is 6.82. The van der Waals surface area contributed by atoms with Gasteiger partial charge in [-0.05, 0) is 26.7 Å². The Bertz CT molecular complexity index is 352. The summed E-state index contributed by atoms with van der Waals surface area (Å²) in [6, 6.07) is 1.96. The lowest BCUT2D eigenvalue weighted by molar-refractivity contribution is -0.131. The molecule has 1 aliphatic heterocycles. The maximum Gasteiger partial charge on any atom is 0.317 e. The number of carbonyl (C=O) groups excluding carboxylic acids is 2. The minimum atomic E-state index is -0.115. The van der Waals surface area contributed by atoms with E-state index >= 15 is 0 Å². The smallest absolute Gasteiger partial charge is 0.317 e. The van der Waals surface area contributed by atoms with Gasteiger partial charge in [-0.1, -0.05) is 0 Å². The van der Waals surface area contributed by atoms with E-state index in [0.29, 0.717) is 26.2 Å². The van der Waals surface area contributed by atoms with Crippen molar-refractivity contribution in [3.05, 3.63) is 0 Å². The van der Waals surface area contributed by atoms with Crippen LogP contribution in [0.4, 0.5) is 4.79 Å². The van der Waals surface area contributed by atoms with E-state index in [2.05, 4.69) is 5.32 Å². The molecule has 0 aromatic carbocycles. The van der Waals surface area contributed by atoms with Gasteiger partial charge in [0.1, 0.15) is 6.42 Å². The number of hydrogen-bond donors (Lipinski definition) is 1. The van der Waals surface area contributed by atoms with Crippen LogP contribution in [0.15, 0.2) is 0 Å². The van der Waals surface area contributed by atoms with E-state index in [-0.39, 0.29) is 24.4 Å². The average molecular weight is 266 g/mol. The molecule has 0 spiro atoms. The van der Waals surface area contributed by atoms with E-state index in [1.54, 1.807) is 9.80 Å². The first kappa shape index (κ1) is 15.3. The zero-order valence-corrected chi connectivity index (χ0v) is 11.7. The fraction of sp³-hybridized carbons (Fsp3) is 0.769. The Balaban J connectivity index is 2.36. The third kappa shape index (κ3) is 4.43. The van der Waals surface area contributed by atoms with Crippen molar-refractivity contribution in [2.75, 3.05) is 26.2 Å². The lowest BCUT2D eigenvalue weighted by Crippen LogP contribution is -2.50. The number of rotatable bonds is 4. The van der Waals surface area contributed by atoms with Crippen LogP contribution in [-0.2, 0) is 4.79 Å². The maximum absolute atomic E-state index is 11.9. The summed E-state index contributed by atoms with van der Waals surface area (Å²) in [6.07, 6.45) is 1.45. The summed E-state index contributed by atoms with van der Waals surface area (Å²) in [5.41, 5.74) is 0. The molecule has 1 N–H and O–H groups in total. The summed E-state index contributed by atoms with van der Waals surface area (Å²) in [6.45, 7) is 6.52. The molecule has 1 rings (SSSR count). The van der Waals surface area contributed by atoms with Crippen LogP contribution >= 0.6 is 0 Å². The molecule has 19 heavy (non-hydrogen) atoms. The molecule has 0 bridgehead atoms. The van der Waals surface area contributed by atoms with Crippen molar-refractivity contribution in [2.45, 2.75) is 39.2 Å². The van der Waals surface area contributed by atoms with Crippen LogP contribution in [0.2, 0.25) is 0 Å². The Morgan fingerprint density at radius 1 is 1.32 bits per heavy atom. The highest BCUT2D eigenvalue weighted by molar-refractivity contribution is 5.78. The number of amides is 3. The fourth-order valence-electron chi connectivity index (χ4n) is 2.23. The SMILES string of the molecule is CCN(CC)C(=O)NC1CCN(C(=O)CC#N)CC1. The summed E-state index contributed by atoms with van der Waals surface area (Å²) >= 11 is 0. The van der Waals surface area contributed by atoms with E-state index in [4.69, 9.17) is 5.26 Å². The lowest BCUT2D eigenvalue weighted by atomic mass is 10.0. The number of urea groups is 1. The number of likely N-dealkylation sites (tertiary alicyclic amines) is 1. The van der Waals surface area contributed by atoms with Crippen molar-refractivity contribution in [3.63, 3.8) is 0 Å². The molecule has 6 heteroatoms. The molecule has 0 aromatic rings. The van der Waals surface area contributed by atoms with Gasteiger partial charge in [-0.15, -0.1) is 0 Å². The molecule has 0 radical (unpaired) electrons. The van der Waals surface area contributed by atoms with Crippen LogP contribution in [-0.4, -0.2) is 54.0 Å². The third-order valence-electron chi connectivity index (χ3n) is 3.46. The molecule has 106 valence electrons. The van der Waals surface area contributed by atoms with Gasteiger partial charge in [0, 0.05) is 32.2 Å². The van der Waals surface area contributed by atoms with E-state index in [1.165, 1.54) is 0 Å². The van der Waals surface area contributed by atoms with Crippen LogP contribution in [0.5, 0.6) is 0 Å². The number of nitrogens with one attached hydrogen (secondary N) is 1. The van der Waals surface area contributed by atoms with E-state index in [9.17, 15) is 9.59 Å². The first-order valence-electron chi connectivity index (χ1n) is 6.82. The molecule has 6 nitrogen and oxygen atoms in total. The van der Waals surface area contributed by atoms with Gasteiger partial charge in [-0.3, -0.25) is 4.79 Å². The van der Waals surface area contributed by atoms with Gasteiger partial charge in [0.25, 0.3) is 0 Å². The summed E-state index contributed by atoms with van der Waals surface area (Å²) in [5.74, 6) is -0.115. The summed E-state index contributed by atoms with van der Waals surface area (Å²) < 4.78 is 0. The monoisotopic (exact) mass is 266 g/mol. The van der Waals surface area contributed by atoms with Gasteiger partial charge < -0.3 is 15.1 Å². The van der Waals surface area contributed by atoms with Gasteiger partial charge in [0.15, 0.2) is 0 Å². The first-order chi connectivity index (χ1) is 9.12. The molecule has 1 saturated heterocycles. The number of carbonyl (C=O) groups is 2. The van der Waals surface area contributed by atoms with Crippen LogP contribution < -0.4 is 5.32 Å². The summed E-state index contributed by atoms with van der Waals surface area (Å²) in [4.78, 5) is 26.9. The molecule has 0 aromatic heterocycles. The average Bonchev–Trinajstić information content (AvgIpc) is 2.41. The van der Waals surface area contributed by atoms with Gasteiger partial charge in [0.2, 0.25) is 5.91 Å². The quantitative estimate of drug-likeness (QED) is 0.822. The van der Waals surface area contributed by atoms with Crippen LogP contribution in [0.1, 0.15) is 33.1 Å². The van der Waals surface area contributed by atoms with Crippen molar-refractivity contribution in [3.8, 4) is 6.07 Å². The Kier molecular flexibility index (Phi) is 6.13. The highest BCUT2D eigenvalue weighted by atomic mass is 16.2. The number of nitrogens with zero attached hydrogens (tertiary/aromatic N) is 3. The molecule has 0 unspecified atom stereocenters. The third-order valence-corrected chi connectivity index (χ3v) is 3.46. The molecule has 1 heterocycles. The van der Waals surface area contributed by atoms with Gasteiger partial charge in [0.05, 0.1) is 6.07 Å². The van der Waals surface area contributed by atoms with Crippen LogP contribution in [0.3, 0.4) is 0 Å². The Hall–Kier alpha value is -1.77. The zero-order valence-electron chi connectivity index (χ0n) is 11.7. The number of nitriles is 1. The second kappa shape index (κ2) is 7.62. The Labute approximate surface area is 114 Å². The van der Waals surface area contributed by atoms with E-state index in [1.807, 2.05) is 19.9 Å². The molecule has 0 saturated carbocycles. The fourth-order valence-corrected chi connectivity index (χ4v) is 2.23. The Morgan fingerprint density at radius 2 is 1.89 bits per heavy atom. The second-order valence-electron chi connectivity index (χ2n) is 4.61. The van der Waals surface area contributed by atoms with Gasteiger partial charge in [-0.2, -0.15) is 5.26 Å². The molecule has 1 aliphatic rings. The molecular formula is C13H22N4O2. The zero-order chi connectivity index (χ0) is 14.3. The van der Waals surface area contributed by atoms with Crippen molar-refractivity contribution < 1.29 is 9.59 Å². The highest BCUT2D eigenvalue weighted by Crippen LogP contribution is 2.11. The second-order valence-corrected chi connectivity index (χ2v) is 4.61. The molecule has 0 atom stereocenters.